The minimum atomic E-state index is 0.336. The van der Waals surface area contributed by atoms with Gasteiger partial charge < -0.3 is 15.4 Å². The highest BCUT2D eigenvalue weighted by atomic mass is 16.5. The Balaban J connectivity index is 1.54. The summed E-state index contributed by atoms with van der Waals surface area (Å²) in [6, 6.07) is 24.4. The van der Waals surface area contributed by atoms with Gasteiger partial charge in [0, 0.05) is 24.2 Å². The van der Waals surface area contributed by atoms with Crippen LogP contribution in [0.25, 0.3) is 10.8 Å². The minimum absolute atomic E-state index is 0.336. The lowest BCUT2D eigenvalue weighted by Crippen LogP contribution is -2.45. The van der Waals surface area contributed by atoms with E-state index in [9.17, 15) is 0 Å². The molecule has 4 rings (SSSR count). The van der Waals surface area contributed by atoms with Crippen molar-refractivity contribution >= 4 is 10.8 Å². The number of methoxy groups -OCH3 is 1. The average molecular weight is 346 g/mol. The molecule has 0 spiro atoms. The van der Waals surface area contributed by atoms with Crippen LogP contribution in [-0.2, 0) is 6.54 Å². The molecule has 0 unspecified atom stereocenters. The van der Waals surface area contributed by atoms with E-state index < -0.39 is 0 Å². The quantitative estimate of drug-likeness (QED) is 0.717. The van der Waals surface area contributed by atoms with E-state index in [0.29, 0.717) is 12.1 Å². The van der Waals surface area contributed by atoms with Gasteiger partial charge in [0.2, 0.25) is 0 Å². The van der Waals surface area contributed by atoms with Gasteiger partial charge in [0.05, 0.1) is 7.11 Å². The van der Waals surface area contributed by atoms with Crippen molar-refractivity contribution < 1.29 is 4.74 Å². The minimum Gasteiger partial charge on any atom is -0.496 e. The third-order valence-electron chi connectivity index (χ3n) is 5.34. The Morgan fingerprint density at radius 3 is 2.69 bits per heavy atom. The summed E-state index contributed by atoms with van der Waals surface area (Å²) in [6.45, 7) is 1.89. The summed E-state index contributed by atoms with van der Waals surface area (Å²) in [6.07, 6.45) is 2.38. The van der Waals surface area contributed by atoms with Gasteiger partial charge in [0.15, 0.2) is 0 Å². The maximum Gasteiger partial charge on any atom is 0.123 e. The maximum atomic E-state index is 5.49. The van der Waals surface area contributed by atoms with Crippen molar-refractivity contribution in [3.63, 3.8) is 0 Å². The smallest absolute Gasteiger partial charge is 0.123 e. The van der Waals surface area contributed by atoms with Crippen LogP contribution in [0.15, 0.2) is 66.7 Å². The second kappa shape index (κ2) is 7.90. The van der Waals surface area contributed by atoms with Crippen LogP contribution in [0, 0.1) is 0 Å². The molecule has 26 heavy (non-hydrogen) atoms. The average Bonchev–Trinajstić information content (AvgIpc) is 2.72. The number of rotatable bonds is 5. The summed E-state index contributed by atoms with van der Waals surface area (Å²) in [5.41, 5.74) is 2.57. The number of hydrogen-bond donors (Lipinski definition) is 2. The fourth-order valence-electron chi connectivity index (χ4n) is 3.95. The van der Waals surface area contributed by atoms with Gasteiger partial charge in [-0.25, -0.2) is 0 Å². The Hall–Kier alpha value is -2.36. The van der Waals surface area contributed by atoms with E-state index >= 15 is 0 Å². The van der Waals surface area contributed by atoms with Crippen LogP contribution in [0.4, 0.5) is 0 Å². The molecule has 0 radical (unpaired) electrons. The molecule has 1 aliphatic heterocycles. The zero-order chi connectivity index (χ0) is 17.8. The fraction of sp³-hybridized carbons (Fsp3) is 0.304. The number of benzene rings is 3. The first-order valence-electron chi connectivity index (χ1n) is 9.42. The molecule has 0 saturated carbocycles. The molecule has 2 N–H and O–H groups in total. The lowest BCUT2D eigenvalue weighted by molar-refractivity contribution is 0.303. The fourth-order valence-corrected chi connectivity index (χ4v) is 3.95. The lowest BCUT2D eigenvalue weighted by Gasteiger charge is -2.34. The van der Waals surface area contributed by atoms with Gasteiger partial charge in [-0.2, -0.15) is 0 Å². The summed E-state index contributed by atoms with van der Waals surface area (Å²) in [5, 5.41) is 10.1. The Morgan fingerprint density at radius 1 is 1.00 bits per heavy atom. The normalized spacial score (nSPS) is 20.2. The Bertz CT molecular complexity index is 877. The SMILES string of the molecule is COc1ccccc1CN[C@@H]1CCCN[C@@H]1c1ccc2ccccc2c1. The first-order chi connectivity index (χ1) is 12.8. The maximum absolute atomic E-state index is 5.49. The van der Waals surface area contributed by atoms with E-state index in [2.05, 4.69) is 65.2 Å². The predicted molar refractivity (Wildman–Crippen MR) is 108 cm³/mol. The topological polar surface area (TPSA) is 33.3 Å². The van der Waals surface area contributed by atoms with Gasteiger partial charge in [0.25, 0.3) is 0 Å². The zero-order valence-corrected chi connectivity index (χ0v) is 15.2. The Morgan fingerprint density at radius 2 is 1.81 bits per heavy atom. The van der Waals surface area contributed by atoms with Crippen LogP contribution >= 0.6 is 0 Å². The largest absolute Gasteiger partial charge is 0.496 e. The van der Waals surface area contributed by atoms with Gasteiger partial charge in [-0.15, -0.1) is 0 Å². The molecule has 3 nitrogen and oxygen atoms in total. The monoisotopic (exact) mass is 346 g/mol. The molecule has 1 heterocycles. The summed E-state index contributed by atoms with van der Waals surface area (Å²) < 4.78 is 5.49. The van der Waals surface area contributed by atoms with Crippen molar-refractivity contribution in [1.82, 2.24) is 10.6 Å². The second-order valence-electron chi connectivity index (χ2n) is 6.98. The first-order valence-corrected chi connectivity index (χ1v) is 9.42. The summed E-state index contributed by atoms with van der Waals surface area (Å²) in [4.78, 5) is 0. The van der Waals surface area contributed by atoms with Gasteiger partial charge in [-0.1, -0.05) is 54.6 Å². The van der Waals surface area contributed by atoms with Crippen LogP contribution in [0.1, 0.15) is 30.0 Å². The molecule has 0 aliphatic carbocycles. The molecule has 3 aromatic rings. The van der Waals surface area contributed by atoms with E-state index in [1.165, 1.54) is 34.7 Å². The summed E-state index contributed by atoms with van der Waals surface area (Å²) in [7, 11) is 1.74. The first kappa shape index (κ1) is 17.1. The highest BCUT2D eigenvalue weighted by Crippen LogP contribution is 2.27. The third kappa shape index (κ3) is 3.59. The van der Waals surface area contributed by atoms with Crippen LogP contribution in [0.5, 0.6) is 5.75 Å². The molecule has 3 heteroatoms. The molecule has 2 atom stereocenters. The number of hydrogen-bond acceptors (Lipinski definition) is 3. The number of para-hydroxylation sites is 1. The molecule has 134 valence electrons. The second-order valence-corrected chi connectivity index (χ2v) is 6.98. The van der Waals surface area contributed by atoms with Gasteiger partial charge in [0.1, 0.15) is 5.75 Å². The molecular weight excluding hydrogens is 320 g/mol. The van der Waals surface area contributed by atoms with Crippen molar-refractivity contribution in [2.24, 2.45) is 0 Å². The summed E-state index contributed by atoms with van der Waals surface area (Å²) in [5.74, 6) is 0.950. The van der Waals surface area contributed by atoms with Gasteiger partial charge in [-0.3, -0.25) is 0 Å². The standard InChI is InChI=1S/C23H26N2O/c1-26-22-11-5-4-9-20(22)16-25-21-10-6-14-24-23(21)19-13-12-17-7-2-3-8-18(17)15-19/h2-5,7-9,11-13,15,21,23-25H,6,10,14,16H2,1H3/t21-,23-/m1/s1. The van der Waals surface area contributed by atoms with E-state index in [0.717, 1.165) is 18.8 Å². The molecular formula is C23H26N2O. The van der Waals surface area contributed by atoms with Gasteiger partial charge in [-0.05, 0) is 47.9 Å². The Kier molecular flexibility index (Phi) is 5.19. The Labute approximate surface area is 155 Å². The molecule has 1 fully saturated rings. The van der Waals surface area contributed by atoms with Crippen molar-refractivity contribution in [1.29, 1.82) is 0 Å². The van der Waals surface area contributed by atoms with Crippen molar-refractivity contribution in [2.75, 3.05) is 13.7 Å². The summed E-state index contributed by atoms with van der Waals surface area (Å²) >= 11 is 0. The van der Waals surface area contributed by atoms with Crippen LogP contribution in [-0.4, -0.2) is 19.7 Å². The highest BCUT2D eigenvalue weighted by Gasteiger charge is 2.26. The van der Waals surface area contributed by atoms with E-state index in [-0.39, 0.29) is 0 Å². The number of nitrogens with one attached hydrogen (secondary N) is 2. The van der Waals surface area contributed by atoms with Gasteiger partial charge >= 0.3 is 0 Å². The lowest BCUT2D eigenvalue weighted by atomic mass is 9.91. The van der Waals surface area contributed by atoms with E-state index in [1.54, 1.807) is 7.11 Å². The molecule has 3 aromatic carbocycles. The molecule has 1 saturated heterocycles. The van der Waals surface area contributed by atoms with Crippen molar-refractivity contribution in [2.45, 2.75) is 31.5 Å². The van der Waals surface area contributed by atoms with Crippen LogP contribution in [0.3, 0.4) is 0 Å². The zero-order valence-electron chi connectivity index (χ0n) is 15.2. The number of fused-ring (bicyclic) bond motifs is 1. The molecule has 1 aliphatic rings. The van der Waals surface area contributed by atoms with Crippen molar-refractivity contribution in [3.8, 4) is 5.75 Å². The predicted octanol–water partition coefficient (Wildman–Crippen LogP) is 4.43. The number of ether oxygens (including phenoxy) is 1. The van der Waals surface area contributed by atoms with Crippen LogP contribution < -0.4 is 15.4 Å². The molecule has 0 aromatic heterocycles. The number of piperidine rings is 1. The highest BCUT2D eigenvalue weighted by molar-refractivity contribution is 5.83. The molecule has 0 bridgehead atoms. The molecule has 0 amide bonds. The van der Waals surface area contributed by atoms with E-state index in [4.69, 9.17) is 4.74 Å². The van der Waals surface area contributed by atoms with E-state index in [1.807, 2.05) is 12.1 Å². The third-order valence-corrected chi connectivity index (χ3v) is 5.34. The van der Waals surface area contributed by atoms with Crippen molar-refractivity contribution in [3.05, 3.63) is 77.9 Å². The van der Waals surface area contributed by atoms with Crippen LogP contribution in [0.2, 0.25) is 0 Å².